The van der Waals surface area contributed by atoms with Crippen LogP contribution in [0.1, 0.15) is 24.6 Å². The number of nitrogens with zero attached hydrogens (tertiary/aromatic N) is 1. The van der Waals surface area contributed by atoms with E-state index in [1.54, 1.807) is 11.3 Å². The molecule has 0 spiro atoms. The van der Waals surface area contributed by atoms with Gasteiger partial charge in [0.15, 0.2) is 0 Å². The maximum absolute atomic E-state index is 12.3. The third kappa shape index (κ3) is 3.10. The van der Waals surface area contributed by atoms with Crippen LogP contribution in [0.3, 0.4) is 0 Å². The first-order chi connectivity index (χ1) is 8.74. The van der Waals surface area contributed by atoms with Crippen LogP contribution in [-0.4, -0.2) is 36.1 Å². The Hall–Kier alpha value is -0.910. The van der Waals surface area contributed by atoms with E-state index in [1.807, 2.05) is 23.3 Å². The number of carbonyl (C=O) groups excluding carboxylic acids is 1. The fourth-order valence-corrected chi connectivity index (χ4v) is 2.92. The van der Waals surface area contributed by atoms with Crippen molar-refractivity contribution < 1.29 is 9.53 Å². The highest BCUT2D eigenvalue weighted by Gasteiger charge is 2.32. The molecule has 2 unspecified atom stereocenters. The summed E-state index contributed by atoms with van der Waals surface area (Å²) in [5, 5.41) is 2.03. The average Bonchev–Trinajstić information content (AvgIpc) is 3.06. The van der Waals surface area contributed by atoms with Gasteiger partial charge in [0.2, 0.25) is 0 Å². The van der Waals surface area contributed by atoms with Gasteiger partial charge in [-0.05, 0) is 31.2 Å². The number of ether oxygens (including phenoxy) is 1. The van der Waals surface area contributed by atoms with Crippen LogP contribution in [0, 0.1) is 0 Å². The molecule has 0 radical (unpaired) electrons. The molecule has 0 bridgehead atoms. The summed E-state index contributed by atoms with van der Waals surface area (Å²) in [5.74, 6) is 0.0989. The maximum atomic E-state index is 12.3. The predicted molar refractivity (Wildman–Crippen MR) is 72.4 cm³/mol. The summed E-state index contributed by atoms with van der Waals surface area (Å²) in [5.41, 5.74) is 5.57. The molecule has 1 aromatic heterocycles. The predicted octanol–water partition coefficient (Wildman–Crippen LogP) is 1.60. The molecule has 2 atom stereocenters. The molecule has 0 aliphatic carbocycles. The highest BCUT2D eigenvalue weighted by atomic mass is 32.1. The van der Waals surface area contributed by atoms with Gasteiger partial charge < -0.3 is 15.4 Å². The standard InChI is InChI=1S/C13H20N2O2S/c1-2-15(9-11-4-3-7-18-11)13(16)12-6-5-10(8-14)17-12/h3-4,7,10,12H,2,5-6,8-9,14H2,1H3. The Labute approximate surface area is 112 Å². The second kappa shape index (κ2) is 6.31. The van der Waals surface area contributed by atoms with Gasteiger partial charge in [0, 0.05) is 18.0 Å². The molecule has 4 nitrogen and oxygen atoms in total. The monoisotopic (exact) mass is 268 g/mol. The summed E-state index contributed by atoms with van der Waals surface area (Å²) in [7, 11) is 0. The van der Waals surface area contributed by atoms with Crippen molar-refractivity contribution in [2.75, 3.05) is 13.1 Å². The van der Waals surface area contributed by atoms with Crippen LogP contribution < -0.4 is 5.73 Å². The SMILES string of the molecule is CCN(Cc1cccs1)C(=O)C1CCC(CN)O1. The molecule has 100 valence electrons. The van der Waals surface area contributed by atoms with Gasteiger partial charge in [-0.3, -0.25) is 4.79 Å². The number of hydrogen-bond acceptors (Lipinski definition) is 4. The first-order valence-corrected chi connectivity index (χ1v) is 7.29. The summed E-state index contributed by atoms with van der Waals surface area (Å²) in [6.07, 6.45) is 1.45. The lowest BCUT2D eigenvalue weighted by atomic mass is 10.2. The van der Waals surface area contributed by atoms with Gasteiger partial charge in [-0.15, -0.1) is 11.3 Å². The molecule has 2 heterocycles. The van der Waals surface area contributed by atoms with E-state index in [2.05, 4.69) is 6.07 Å². The molecule has 1 saturated heterocycles. The number of amides is 1. The van der Waals surface area contributed by atoms with E-state index in [9.17, 15) is 4.79 Å². The van der Waals surface area contributed by atoms with Crippen LogP contribution in [0.5, 0.6) is 0 Å². The third-order valence-electron chi connectivity index (χ3n) is 3.27. The molecular formula is C13H20N2O2S. The molecule has 5 heteroatoms. The van der Waals surface area contributed by atoms with E-state index in [1.165, 1.54) is 4.88 Å². The third-order valence-corrected chi connectivity index (χ3v) is 4.13. The lowest BCUT2D eigenvalue weighted by Gasteiger charge is -2.23. The fraction of sp³-hybridized carbons (Fsp3) is 0.615. The lowest BCUT2D eigenvalue weighted by molar-refractivity contribution is -0.143. The van der Waals surface area contributed by atoms with Crippen molar-refractivity contribution in [3.63, 3.8) is 0 Å². The van der Waals surface area contributed by atoms with Crippen LogP contribution in [0.15, 0.2) is 17.5 Å². The molecular weight excluding hydrogens is 248 g/mol. The first kappa shape index (κ1) is 13.5. The Morgan fingerprint density at radius 1 is 1.61 bits per heavy atom. The minimum Gasteiger partial charge on any atom is -0.364 e. The van der Waals surface area contributed by atoms with E-state index in [4.69, 9.17) is 10.5 Å². The molecule has 2 rings (SSSR count). The normalized spacial score (nSPS) is 23.2. The highest BCUT2D eigenvalue weighted by molar-refractivity contribution is 7.09. The van der Waals surface area contributed by atoms with Crippen molar-refractivity contribution in [1.29, 1.82) is 0 Å². The minimum absolute atomic E-state index is 0.0550. The second-order valence-corrected chi connectivity index (χ2v) is 5.52. The zero-order valence-electron chi connectivity index (χ0n) is 10.7. The van der Waals surface area contributed by atoms with Gasteiger partial charge >= 0.3 is 0 Å². The molecule has 0 aromatic carbocycles. The van der Waals surface area contributed by atoms with Crippen LogP contribution in [-0.2, 0) is 16.1 Å². The summed E-state index contributed by atoms with van der Waals surface area (Å²) < 4.78 is 5.66. The molecule has 1 aliphatic rings. The number of rotatable bonds is 5. The molecule has 0 saturated carbocycles. The zero-order valence-corrected chi connectivity index (χ0v) is 11.5. The van der Waals surface area contributed by atoms with Crippen molar-refractivity contribution in [3.05, 3.63) is 22.4 Å². The van der Waals surface area contributed by atoms with Crippen molar-refractivity contribution in [3.8, 4) is 0 Å². The number of nitrogens with two attached hydrogens (primary N) is 1. The zero-order chi connectivity index (χ0) is 13.0. The van der Waals surface area contributed by atoms with Crippen molar-refractivity contribution in [2.24, 2.45) is 5.73 Å². The van der Waals surface area contributed by atoms with E-state index >= 15 is 0 Å². The van der Waals surface area contributed by atoms with Crippen LogP contribution >= 0.6 is 11.3 Å². The summed E-state index contributed by atoms with van der Waals surface area (Å²) in [6.45, 7) is 3.89. The van der Waals surface area contributed by atoms with Crippen LogP contribution in [0.4, 0.5) is 0 Å². The number of thiophene rings is 1. The minimum atomic E-state index is -0.293. The van der Waals surface area contributed by atoms with E-state index in [0.717, 1.165) is 12.8 Å². The van der Waals surface area contributed by atoms with Crippen molar-refractivity contribution >= 4 is 17.2 Å². The maximum Gasteiger partial charge on any atom is 0.252 e. The Balaban J connectivity index is 1.93. The highest BCUT2D eigenvalue weighted by Crippen LogP contribution is 2.22. The molecule has 1 aliphatic heterocycles. The topological polar surface area (TPSA) is 55.6 Å². The number of carbonyl (C=O) groups is 1. The molecule has 1 fully saturated rings. The van der Waals surface area contributed by atoms with E-state index < -0.39 is 0 Å². The first-order valence-electron chi connectivity index (χ1n) is 6.41. The fourth-order valence-electron chi connectivity index (χ4n) is 2.20. The molecule has 1 amide bonds. The average molecular weight is 268 g/mol. The molecule has 2 N–H and O–H groups in total. The van der Waals surface area contributed by atoms with Crippen molar-refractivity contribution in [2.45, 2.75) is 38.5 Å². The van der Waals surface area contributed by atoms with E-state index in [0.29, 0.717) is 19.6 Å². The van der Waals surface area contributed by atoms with Gasteiger partial charge in [-0.1, -0.05) is 6.07 Å². The summed E-state index contributed by atoms with van der Waals surface area (Å²) >= 11 is 1.68. The second-order valence-electron chi connectivity index (χ2n) is 4.49. The largest absolute Gasteiger partial charge is 0.364 e. The summed E-state index contributed by atoms with van der Waals surface area (Å²) in [4.78, 5) is 15.4. The Bertz CT molecular complexity index is 380. The molecule has 18 heavy (non-hydrogen) atoms. The number of hydrogen-bond donors (Lipinski definition) is 1. The molecule has 1 aromatic rings. The number of likely N-dealkylation sites (N-methyl/N-ethyl adjacent to an activating group) is 1. The van der Waals surface area contributed by atoms with Gasteiger partial charge in [-0.25, -0.2) is 0 Å². The van der Waals surface area contributed by atoms with Crippen molar-refractivity contribution in [1.82, 2.24) is 4.90 Å². The van der Waals surface area contributed by atoms with E-state index in [-0.39, 0.29) is 18.1 Å². The smallest absolute Gasteiger partial charge is 0.252 e. The van der Waals surface area contributed by atoms with Gasteiger partial charge in [0.05, 0.1) is 12.6 Å². The van der Waals surface area contributed by atoms with Crippen LogP contribution in [0.25, 0.3) is 0 Å². The Morgan fingerprint density at radius 3 is 3.00 bits per heavy atom. The lowest BCUT2D eigenvalue weighted by Crippen LogP contribution is -2.39. The quantitative estimate of drug-likeness (QED) is 0.882. The van der Waals surface area contributed by atoms with Gasteiger partial charge in [-0.2, -0.15) is 0 Å². The van der Waals surface area contributed by atoms with Crippen LogP contribution in [0.2, 0.25) is 0 Å². The van der Waals surface area contributed by atoms with Gasteiger partial charge in [0.1, 0.15) is 6.10 Å². The Kier molecular flexibility index (Phi) is 4.74. The Morgan fingerprint density at radius 2 is 2.44 bits per heavy atom. The van der Waals surface area contributed by atoms with Gasteiger partial charge in [0.25, 0.3) is 5.91 Å². The summed E-state index contributed by atoms with van der Waals surface area (Å²) in [6, 6.07) is 4.06.